The van der Waals surface area contributed by atoms with Gasteiger partial charge in [-0.25, -0.2) is 9.50 Å². The van der Waals surface area contributed by atoms with E-state index in [1.807, 2.05) is 6.07 Å². The van der Waals surface area contributed by atoms with E-state index < -0.39 is 0 Å². The highest BCUT2D eigenvalue weighted by Gasteiger charge is 2.23. The van der Waals surface area contributed by atoms with Gasteiger partial charge in [-0.15, -0.1) is 0 Å². The molecule has 6 heteroatoms. The van der Waals surface area contributed by atoms with Crippen LogP contribution < -0.4 is 5.56 Å². The molecule has 1 atom stereocenters. The number of benzene rings is 1. The van der Waals surface area contributed by atoms with Crippen LogP contribution in [0.3, 0.4) is 0 Å². The Hall–Kier alpha value is -2.44. The summed E-state index contributed by atoms with van der Waals surface area (Å²) in [7, 11) is 0. The van der Waals surface area contributed by atoms with E-state index in [4.69, 9.17) is 4.74 Å². The van der Waals surface area contributed by atoms with E-state index in [2.05, 4.69) is 47.0 Å². The zero-order chi connectivity index (χ0) is 17.4. The molecule has 0 aliphatic carbocycles. The van der Waals surface area contributed by atoms with Crippen LogP contribution in [0.25, 0.3) is 5.65 Å². The lowest BCUT2D eigenvalue weighted by atomic mass is 10.00. The first-order chi connectivity index (χ1) is 12.1. The normalized spacial score (nSPS) is 18.7. The molecule has 6 nitrogen and oxygen atoms in total. The molecule has 4 rings (SSSR count). The molecule has 0 radical (unpaired) electrons. The molecular weight excluding hydrogens is 316 g/mol. The summed E-state index contributed by atoms with van der Waals surface area (Å²) in [6, 6.07) is 9.90. The highest BCUT2D eigenvalue weighted by molar-refractivity contribution is 5.36. The Balaban J connectivity index is 1.53. The lowest BCUT2D eigenvalue weighted by Gasteiger charge is -2.33. The molecule has 0 unspecified atom stereocenters. The molecule has 0 amide bonds. The highest BCUT2D eigenvalue weighted by Crippen LogP contribution is 2.26. The summed E-state index contributed by atoms with van der Waals surface area (Å²) < 4.78 is 7.45. The Morgan fingerprint density at radius 3 is 3.00 bits per heavy atom. The number of aromatic amines is 1. The maximum atomic E-state index is 12.1. The van der Waals surface area contributed by atoms with Crippen LogP contribution in [0, 0.1) is 13.8 Å². The Morgan fingerprint density at radius 1 is 1.28 bits per heavy atom. The van der Waals surface area contributed by atoms with E-state index >= 15 is 0 Å². The van der Waals surface area contributed by atoms with Gasteiger partial charge in [-0.1, -0.05) is 23.8 Å². The minimum absolute atomic E-state index is 0.0615. The molecule has 1 saturated heterocycles. The van der Waals surface area contributed by atoms with Crippen molar-refractivity contribution in [3.63, 3.8) is 0 Å². The van der Waals surface area contributed by atoms with Gasteiger partial charge >= 0.3 is 0 Å². The number of hydrogen-bond acceptors (Lipinski definition) is 4. The molecule has 3 heterocycles. The summed E-state index contributed by atoms with van der Waals surface area (Å²) in [5.74, 6) is 0. The SMILES string of the molecule is Cc1ccc([C@H]2CN(Cc3cc(=O)n4[nH]ccc4n3)CCO2)c(C)c1. The predicted molar refractivity (Wildman–Crippen MR) is 95.7 cm³/mol. The first kappa shape index (κ1) is 16.1. The van der Waals surface area contributed by atoms with Crippen molar-refractivity contribution >= 4 is 5.65 Å². The van der Waals surface area contributed by atoms with Gasteiger partial charge in [0.15, 0.2) is 5.65 Å². The number of aromatic nitrogens is 3. The summed E-state index contributed by atoms with van der Waals surface area (Å²) in [6.07, 6.45) is 1.78. The molecule has 0 saturated carbocycles. The molecule has 0 bridgehead atoms. The quantitative estimate of drug-likeness (QED) is 0.795. The first-order valence-corrected chi connectivity index (χ1v) is 8.57. The van der Waals surface area contributed by atoms with E-state index in [9.17, 15) is 4.79 Å². The van der Waals surface area contributed by atoms with E-state index in [0.29, 0.717) is 18.8 Å². The minimum atomic E-state index is -0.0795. The maximum absolute atomic E-state index is 12.1. The van der Waals surface area contributed by atoms with Crippen LogP contribution in [0.1, 0.15) is 28.5 Å². The monoisotopic (exact) mass is 338 g/mol. The van der Waals surface area contributed by atoms with Crippen molar-refractivity contribution in [2.45, 2.75) is 26.5 Å². The lowest BCUT2D eigenvalue weighted by molar-refractivity contribution is -0.0335. The average Bonchev–Trinajstić information content (AvgIpc) is 3.04. The Kier molecular flexibility index (Phi) is 4.15. The number of fused-ring (bicyclic) bond motifs is 1. The third-order valence-electron chi connectivity index (χ3n) is 4.74. The number of rotatable bonds is 3. The molecule has 1 N–H and O–H groups in total. The van der Waals surface area contributed by atoms with Crippen LogP contribution in [0.5, 0.6) is 0 Å². The third-order valence-corrected chi connectivity index (χ3v) is 4.74. The summed E-state index contributed by atoms with van der Waals surface area (Å²) in [4.78, 5) is 19.0. The van der Waals surface area contributed by atoms with Crippen molar-refractivity contribution in [1.29, 1.82) is 0 Å². The van der Waals surface area contributed by atoms with Gasteiger partial charge in [0, 0.05) is 38.0 Å². The Morgan fingerprint density at radius 2 is 2.16 bits per heavy atom. The number of hydrogen-bond donors (Lipinski definition) is 1. The van der Waals surface area contributed by atoms with Crippen LogP contribution in [-0.4, -0.2) is 39.2 Å². The average molecular weight is 338 g/mol. The van der Waals surface area contributed by atoms with Gasteiger partial charge in [0.2, 0.25) is 0 Å². The molecule has 1 aliphatic rings. The number of ether oxygens (including phenoxy) is 1. The predicted octanol–water partition coefficient (Wildman–Crippen LogP) is 2.21. The molecule has 1 fully saturated rings. The second-order valence-corrected chi connectivity index (χ2v) is 6.70. The smallest absolute Gasteiger partial charge is 0.272 e. The zero-order valence-electron chi connectivity index (χ0n) is 14.5. The maximum Gasteiger partial charge on any atom is 0.272 e. The summed E-state index contributed by atoms with van der Waals surface area (Å²) in [5.41, 5.74) is 5.14. The summed E-state index contributed by atoms with van der Waals surface area (Å²) in [6.45, 7) is 7.22. The highest BCUT2D eigenvalue weighted by atomic mass is 16.5. The fourth-order valence-corrected chi connectivity index (χ4v) is 3.51. The van der Waals surface area contributed by atoms with Crippen molar-refractivity contribution in [1.82, 2.24) is 19.5 Å². The fourth-order valence-electron chi connectivity index (χ4n) is 3.51. The number of nitrogens with one attached hydrogen (secondary N) is 1. The minimum Gasteiger partial charge on any atom is -0.371 e. The number of nitrogens with zero attached hydrogens (tertiary/aromatic N) is 3. The zero-order valence-corrected chi connectivity index (χ0v) is 14.5. The molecule has 1 aliphatic heterocycles. The van der Waals surface area contributed by atoms with Gasteiger partial charge in [0.1, 0.15) is 0 Å². The lowest BCUT2D eigenvalue weighted by Crippen LogP contribution is -2.38. The van der Waals surface area contributed by atoms with Crippen LogP contribution in [0.2, 0.25) is 0 Å². The summed E-state index contributed by atoms with van der Waals surface area (Å²) in [5, 5.41) is 2.87. The van der Waals surface area contributed by atoms with Gasteiger partial charge in [0.25, 0.3) is 5.56 Å². The van der Waals surface area contributed by atoms with Crippen LogP contribution in [-0.2, 0) is 11.3 Å². The molecular formula is C19H22N4O2. The van der Waals surface area contributed by atoms with Crippen molar-refractivity contribution in [3.05, 3.63) is 69.3 Å². The van der Waals surface area contributed by atoms with Crippen LogP contribution >= 0.6 is 0 Å². The number of morpholine rings is 1. The van der Waals surface area contributed by atoms with Gasteiger partial charge in [0.05, 0.1) is 18.4 Å². The second kappa shape index (κ2) is 6.46. The van der Waals surface area contributed by atoms with E-state index in [-0.39, 0.29) is 11.7 Å². The Bertz CT molecular complexity index is 959. The van der Waals surface area contributed by atoms with Gasteiger partial charge in [-0.05, 0) is 25.0 Å². The fraction of sp³-hybridized carbons (Fsp3) is 0.368. The largest absolute Gasteiger partial charge is 0.371 e. The van der Waals surface area contributed by atoms with Crippen molar-refractivity contribution in [2.24, 2.45) is 0 Å². The molecule has 130 valence electrons. The van der Waals surface area contributed by atoms with E-state index in [1.165, 1.54) is 21.2 Å². The Labute approximate surface area is 146 Å². The number of aryl methyl sites for hydroxylation is 2. The molecule has 0 spiro atoms. The molecule has 25 heavy (non-hydrogen) atoms. The first-order valence-electron chi connectivity index (χ1n) is 8.57. The topological polar surface area (TPSA) is 62.6 Å². The van der Waals surface area contributed by atoms with E-state index in [1.54, 1.807) is 12.3 Å². The standard InChI is InChI=1S/C19H22N4O2/c1-13-3-4-16(14(2)9-13)17-12-22(7-8-25-17)11-15-10-19(24)23-18(21-15)5-6-20-23/h3-6,9-10,17,20H,7-8,11-12H2,1-2H3/t17-/m1/s1. The van der Waals surface area contributed by atoms with Crippen LogP contribution in [0.4, 0.5) is 0 Å². The van der Waals surface area contributed by atoms with E-state index in [0.717, 1.165) is 18.8 Å². The van der Waals surface area contributed by atoms with Gasteiger partial charge in [-0.2, -0.15) is 0 Å². The third kappa shape index (κ3) is 3.23. The van der Waals surface area contributed by atoms with Crippen LogP contribution in [0.15, 0.2) is 41.3 Å². The van der Waals surface area contributed by atoms with Crippen molar-refractivity contribution < 1.29 is 4.74 Å². The van der Waals surface area contributed by atoms with Gasteiger partial charge < -0.3 is 4.74 Å². The molecule has 2 aromatic heterocycles. The number of H-pyrrole nitrogens is 1. The second-order valence-electron chi connectivity index (χ2n) is 6.70. The summed E-state index contributed by atoms with van der Waals surface area (Å²) >= 11 is 0. The van der Waals surface area contributed by atoms with Crippen molar-refractivity contribution in [3.8, 4) is 0 Å². The molecule has 1 aromatic carbocycles. The van der Waals surface area contributed by atoms with Gasteiger partial charge in [-0.3, -0.25) is 14.8 Å². The van der Waals surface area contributed by atoms with Crippen molar-refractivity contribution in [2.75, 3.05) is 19.7 Å². The molecule has 3 aromatic rings.